The van der Waals surface area contributed by atoms with Crippen LogP contribution in [0.15, 0.2) is 53.4 Å². The molecule has 3 rings (SSSR count). The third-order valence-electron chi connectivity index (χ3n) is 5.52. The summed E-state index contributed by atoms with van der Waals surface area (Å²) in [7, 11) is -3.65. The molecule has 9 nitrogen and oxygen atoms in total. The van der Waals surface area contributed by atoms with Crippen LogP contribution in [-0.4, -0.2) is 55.7 Å². The third kappa shape index (κ3) is 4.62. The molecule has 0 saturated heterocycles. The Labute approximate surface area is 193 Å². The molecule has 176 valence electrons. The zero-order valence-electron chi connectivity index (χ0n) is 19.0. The van der Waals surface area contributed by atoms with Crippen molar-refractivity contribution < 1.29 is 27.5 Å². The molecule has 2 aromatic rings. The first-order chi connectivity index (χ1) is 15.5. The van der Waals surface area contributed by atoms with E-state index in [0.717, 1.165) is 0 Å². The predicted molar refractivity (Wildman–Crippen MR) is 123 cm³/mol. The number of para-hydroxylation sites is 2. The minimum Gasteiger partial charge on any atom is -0.452 e. The zero-order chi connectivity index (χ0) is 24.4. The molecule has 2 aromatic carbocycles. The molecule has 1 aliphatic rings. The Kier molecular flexibility index (Phi) is 6.89. The number of carbonyl (C=O) groups excluding carboxylic acids is 3. The van der Waals surface area contributed by atoms with Crippen LogP contribution < -0.4 is 10.2 Å². The summed E-state index contributed by atoms with van der Waals surface area (Å²) in [5.74, 6) is -1.69. The van der Waals surface area contributed by atoms with Gasteiger partial charge in [-0.15, -0.1) is 0 Å². The smallest absolute Gasteiger partial charge is 0.338 e. The van der Waals surface area contributed by atoms with Crippen LogP contribution >= 0.6 is 0 Å². The zero-order valence-corrected chi connectivity index (χ0v) is 19.8. The van der Waals surface area contributed by atoms with E-state index in [1.54, 1.807) is 52.0 Å². The average molecular weight is 474 g/mol. The number of nitrogens with one attached hydrogen (secondary N) is 1. The molecule has 0 radical (unpaired) electrons. The van der Waals surface area contributed by atoms with Gasteiger partial charge in [-0.05, 0) is 50.2 Å². The number of benzene rings is 2. The summed E-state index contributed by atoms with van der Waals surface area (Å²) in [6.07, 6.45) is 0. The first-order valence-corrected chi connectivity index (χ1v) is 12.0. The second-order valence-corrected chi connectivity index (χ2v) is 9.89. The molecule has 2 amide bonds. The minimum absolute atomic E-state index is 0.0662. The van der Waals surface area contributed by atoms with Gasteiger partial charge in [0.25, 0.3) is 5.91 Å². The van der Waals surface area contributed by atoms with Crippen molar-refractivity contribution in [3.05, 3.63) is 54.1 Å². The van der Waals surface area contributed by atoms with Crippen molar-refractivity contribution >= 4 is 39.2 Å². The van der Waals surface area contributed by atoms with Crippen molar-refractivity contribution in [1.29, 1.82) is 0 Å². The van der Waals surface area contributed by atoms with Gasteiger partial charge in [0.2, 0.25) is 15.9 Å². The largest absolute Gasteiger partial charge is 0.452 e. The molecule has 10 heteroatoms. The van der Waals surface area contributed by atoms with Crippen LogP contribution in [0.5, 0.6) is 0 Å². The molecule has 0 bridgehead atoms. The van der Waals surface area contributed by atoms with Crippen LogP contribution in [0.4, 0.5) is 11.4 Å². The summed E-state index contributed by atoms with van der Waals surface area (Å²) in [4.78, 5) is 39.3. The fourth-order valence-corrected chi connectivity index (χ4v) is 5.11. The monoisotopic (exact) mass is 473 g/mol. The summed E-state index contributed by atoms with van der Waals surface area (Å²) < 4.78 is 31.7. The summed E-state index contributed by atoms with van der Waals surface area (Å²) in [5, 5.41) is 2.77. The van der Waals surface area contributed by atoms with Gasteiger partial charge in [-0.1, -0.05) is 26.0 Å². The highest BCUT2D eigenvalue weighted by atomic mass is 32.2. The number of sulfonamides is 1. The quantitative estimate of drug-likeness (QED) is 0.619. The lowest BCUT2D eigenvalue weighted by Crippen LogP contribution is -2.59. The second-order valence-electron chi connectivity index (χ2n) is 7.95. The third-order valence-corrected chi connectivity index (χ3v) is 7.58. The molecule has 0 saturated carbocycles. The molecule has 1 aliphatic heterocycles. The van der Waals surface area contributed by atoms with Gasteiger partial charge in [-0.2, -0.15) is 4.31 Å². The highest BCUT2D eigenvalue weighted by Gasteiger charge is 2.43. The lowest BCUT2D eigenvalue weighted by molar-refractivity contribution is -0.128. The molecular formula is C23H27N3O6S. The van der Waals surface area contributed by atoms with Crippen LogP contribution in [0, 0.1) is 0 Å². The van der Waals surface area contributed by atoms with Gasteiger partial charge in [-0.3, -0.25) is 14.5 Å². The van der Waals surface area contributed by atoms with Crippen LogP contribution in [-0.2, 0) is 24.3 Å². The van der Waals surface area contributed by atoms with E-state index >= 15 is 0 Å². The van der Waals surface area contributed by atoms with Crippen molar-refractivity contribution in [3.8, 4) is 0 Å². The first-order valence-electron chi connectivity index (χ1n) is 10.5. The van der Waals surface area contributed by atoms with E-state index in [1.807, 2.05) is 0 Å². The number of rotatable bonds is 7. The van der Waals surface area contributed by atoms with E-state index < -0.39 is 34.0 Å². The maximum atomic E-state index is 13.0. The maximum absolute atomic E-state index is 13.0. The topological polar surface area (TPSA) is 113 Å². The molecule has 0 spiro atoms. The number of carbonyl (C=O) groups is 3. The van der Waals surface area contributed by atoms with Crippen LogP contribution in [0.2, 0.25) is 0 Å². The number of amides is 2. The van der Waals surface area contributed by atoms with Crippen LogP contribution in [0.25, 0.3) is 0 Å². The van der Waals surface area contributed by atoms with Crippen molar-refractivity contribution in [2.75, 3.05) is 29.9 Å². The molecule has 33 heavy (non-hydrogen) atoms. The molecule has 0 aromatic heterocycles. The average Bonchev–Trinajstić information content (AvgIpc) is 2.78. The number of hydrogen-bond donors (Lipinski definition) is 1. The van der Waals surface area contributed by atoms with Crippen LogP contribution in [0.1, 0.15) is 38.1 Å². The van der Waals surface area contributed by atoms with E-state index in [0.29, 0.717) is 24.5 Å². The highest BCUT2D eigenvalue weighted by molar-refractivity contribution is 7.89. The summed E-state index contributed by atoms with van der Waals surface area (Å²) in [6.45, 7) is 6.78. The normalized spacial score (nSPS) is 15.1. The Morgan fingerprint density at radius 2 is 1.64 bits per heavy atom. The van der Waals surface area contributed by atoms with Gasteiger partial charge in [0, 0.05) is 13.1 Å². The number of anilines is 2. The van der Waals surface area contributed by atoms with E-state index in [4.69, 9.17) is 4.74 Å². The van der Waals surface area contributed by atoms with Gasteiger partial charge in [0.15, 0.2) is 6.61 Å². The number of nitrogens with zero attached hydrogens (tertiary/aromatic N) is 2. The minimum atomic E-state index is -3.65. The Morgan fingerprint density at radius 3 is 2.24 bits per heavy atom. The Hall–Kier alpha value is -3.24. The van der Waals surface area contributed by atoms with Gasteiger partial charge in [0.1, 0.15) is 5.54 Å². The van der Waals surface area contributed by atoms with Gasteiger partial charge in [0.05, 0.1) is 21.8 Å². The highest BCUT2D eigenvalue weighted by Crippen LogP contribution is 2.36. The van der Waals surface area contributed by atoms with Gasteiger partial charge < -0.3 is 10.1 Å². The second kappa shape index (κ2) is 9.32. The molecule has 0 unspecified atom stereocenters. The standard InChI is InChI=1S/C23H27N3O6S/c1-5-25(6-2)33(30,31)17-13-11-16(12-14-17)21(28)32-15-20(27)26-19-10-8-7-9-18(19)24-22(29)23(26,3)4/h7-14H,5-6,15H2,1-4H3,(H,24,29). The molecular weight excluding hydrogens is 446 g/mol. The SMILES string of the molecule is CCN(CC)S(=O)(=O)c1ccc(C(=O)OCC(=O)N2c3ccccc3NC(=O)C2(C)C)cc1. The van der Waals surface area contributed by atoms with Crippen molar-refractivity contribution in [2.24, 2.45) is 0 Å². The summed E-state index contributed by atoms with van der Waals surface area (Å²) in [6, 6.07) is 12.2. The van der Waals surface area contributed by atoms with E-state index in [9.17, 15) is 22.8 Å². The fourth-order valence-electron chi connectivity index (χ4n) is 3.65. The fraction of sp³-hybridized carbons (Fsp3) is 0.348. The molecule has 0 atom stereocenters. The van der Waals surface area contributed by atoms with Crippen molar-refractivity contribution in [3.63, 3.8) is 0 Å². The van der Waals surface area contributed by atoms with Crippen molar-refractivity contribution in [1.82, 2.24) is 4.31 Å². The Balaban J connectivity index is 1.73. The summed E-state index contributed by atoms with van der Waals surface area (Å²) in [5.41, 5.74) is -0.0730. The van der Waals surface area contributed by atoms with E-state index in [-0.39, 0.29) is 16.4 Å². The Morgan fingerprint density at radius 1 is 1.03 bits per heavy atom. The number of ether oxygens (including phenoxy) is 1. The number of hydrogen-bond acceptors (Lipinski definition) is 6. The maximum Gasteiger partial charge on any atom is 0.338 e. The van der Waals surface area contributed by atoms with Crippen LogP contribution in [0.3, 0.4) is 0 Å². The van der Waals surface area contributed by atoms with Crippen molar-refractivity contribution in [2.45, 2.75) is 38.1 Å². The number of esters is 1. The van der Waals surface area contributed by atoms with E-state index in [1.165, 1.54) is 33.5 Å². The van der Waals surface area contributed by atoms with E-state index in [2.05, 4.69) is 5.32 Å². The molecule has 0 aliphatic carbocycles. The van der Waals surface area contributed by atoms with Gasteiger partial charge in [-0.25, -0.2) is 13.2 Å². The molecule has 1 heterocycles. The Bertz CT molecular complexity index is 1170. The predicted octanol–water partition coefficient (Wildman–Crippen LogP) is 2.64. The molecule has 1 N–H and O–H groups in total. The summed E-state index contributed by atoms with van der Waals surface area (Å²) >= 11 is 0. The van der Waals surface area contributed by atoms with Gasteiger partial charge >= 0.3 is 5.97 Å². The lowest BCUT2D eigenvalue weighted by Gasteiger charge is -2.41. The molecule has 0 fully saturated rings. The first kappa shape index (κ1) is 24.4. The lowest BCUT2D eigenvalue weighted by atomic mass is 9.96. The number of fused-ring (bicyclic) bond motifs is 1.